The lowest BCUT2D eigenvalue weighted by Gasteiger charge is -2.08. The lowest BCUT2D eigenvalue weighted by Crippen LogP contribution is -2.22. The van der Waals surface area contributed by atoms with E-state index < -0.39 is 0 Å². The summed E-state index contributed by atoms with van der Waals surface area (Å²) >= 11 is 1.26. The minimum Gasteiger partial charge on any atom is -0.494 e. The summed E-state index contributed by atoms with van der Waals surface area (Å²) in [6.07, 6.45) is 3.11. The van der Waals surface area contributed by atoms with E-state index in [-0.39, 0.29) is 24.1 Å². The van der Waals surface area contributed by atoms with Crippen LogP contribution in [0.4, 0.5) is 5.69 Å². The second-order valence-electron chi connectivity index (χ2n) is 7.42. The predicted octanol–water partition coefficient (Wildman–Crippen LogP) is 3.29. The van der Waals surface area contributed by atoms with E-state index in [1.807, 2.05) is 13.0 Å². The Morgan fingerprint density at radius 3 is 2.50 bits per heavy atom. The maximum absolute atomic E-state index is 12.3. The molecule has 0 unspecified atom stereocenters. The molecule has 0 bridgehead atoms. The van der Waals surface area contributed by atoms with Gasteiger partial charge in [-0.15, -0.1) is 10.2 Å². The summed E-state index contributed by atoms with van der Waals surface area (Å²) in [7, 11) is 4.91. The number of rotatable bonds is 12. The molecule has 0 aliphatic heterocycles. The molecule has 2 N–H and O–H groups in total. The minimum atomic E-state index is -0.281. The number of carbonyl (C=O) groups is 2. The van der Waals surface area contributed by atoms with Gasteiger partial charge in [0.15, 0.2) is 22.5 Å². The van der Waals surface area contributed by atoms with Gasteiger partial charge < -0.3 is 29.4 Å². The molecule has 0 saturated heterocycles. The molecule has 0 fully saturated rings. The molecule has 10 nitrogen and oxygen atoms in total. The molecule has 11 heteroatoms. The largest absolute Gasteiger partial charge is 0.494 e. The van der Waals surface area contributed by atoms with Crippen molar-refractivity contribution in [1.29, 1.82) is 0 Å². The average Bonchev–Trinajstić information content (AvgIpc) is 3.25. The SMILES string of the molecule is CCOc1ccc(NC(=O)CSc2nnc(CNC(=O)/C=C/c3ccc(OC)c(OC)c3)n2C)cc1. The standard InChI is InChI=1S/C25H29N5O5S/c1-5-35-19-10-8-18(9-11-19)27-24(32)16-36-25-29-28-22(30(25)2)15-26-23(31)13-7-17-6-12-20(33-3)21(14-17)34-4/h6-14H,5,15-16H2,1-4H3,(H,26,31)(H,27,32)/b13-7+. The lowest BCUT2D eigenvalue weighted by molar-refractivity contribution is -0.116. The molecule has 2 amide bonds. The number of hydrogen-bond donors (Lipinski definition) is 2. The quantitative estimate of drug-likeness (QED) is 0.281. The number of aromatic nitrogens is 3. The topological polar surface area (TPSA) is 117 Å². The molecule has 0 radical (unpaired) electrons. The average molecular weight is 512 g/mol. The number of ether oxygens (including phenoxy) is 3. The number of nitrogens with zero attached hydrogens (tertiary/aromatic N) is 3. The van der Waals surface area contributed by atoms with Crippen LogP contribution in [0.2, 0.25) is 0 Å². The maximum Gasteiger partial charge on any atom is 0.244 e. The monoisotopic (exact) mass is 511 g/mol. The Morgan fingerprint density at radius 1 is 1.06 bits per heavy atom. The second kappa shape index (κ2) is 13.2. The Kier molecular flexibility index (Phi) is 9.75. The number of methoxy groups -OCH3 is 2. The highest BCUT2D eigenvalue weighted by Crippen LogP contribution is 2.28. The third kappa shape index (κ3) is 7.51. The highest BCUT2D eigenvalue weighted by molar-refractivity contribution is 7.99. The van der Waals surface area contributed by atoms with Gasteiger partial charge in [-0.3, -0.25) is 9.59 Å². The van der Waals surface area contributed by atoms with Crippen molar-refractivity contribution in [3.63, 3.8) is 0 Å². The Hall–Kier alpha value is -3.99. The van der Waals surface area contributed by atoms with Crippen LogP contribution in [0.1, 0.15) is 18.3 Å². The molecule has 0 saturated carbocycles. The van der Waals surface area contributed by atoms with Gasteiger partial charge in [0.05, 0.1) is 33.1 Å². The van der Waals surface area contributed by atoms with Crippen LogP contribution >= 0.6 is 11.8 Å². The highest BCUT2D eigenvalue weighted by atomic mass is 32.2. The third-order valence-corrected chi connectivity index (χ3v) is 5.98. The van der Waals surface area contributed by atoms with E-state index in [9.17, 15) is 9.59 Å². The molecular formula is C25H29N5O5S. The molecule has 0 spiro atoms. The number of benzene rings is 2. The summed E-state index contributed by atoms with van der Waals surface area (Å²) in [5.41, 5.74) is 1.48. The zero-order valence-electron chi connectivity index (χ0n) is 20.6. The van der Waals surface area contributed by atoms with E-state index in [2.05, 4.69) is 20.8 Å². The Balaban J connectivity index is 1.47. The number of nitrogens with one attached hydrogen (secondary N) is 2. The summed E-state index contributed by atoms with van der Waals surface area (Å²) in [5, 5.41) is 14.4. The maximum atomic E-state index is 12.3. The molecule has 0 aliphatic rings. The molecule has 36 heavy (non-hydrogen) atoms. The van der Waals surface area contributed by atoms with Crippen molar-refractivity contribution in [2.45, 2.75) is 18.6 Å². The first-order valence-electron chi connectivity index (χ1n) is 11.1. The molecule has 3 aromatic rings. The van der Waals surface area contributed by atoms with Gasteiger partial charge in [0.2, 0.25) is 11.8 Å². The van der Waals surface area contributed by atoms with Crippen molar-refractivity contribution in [2.24, 2.45) is 7.05 Å². The normalized spacial score (nSPS) is 10.8. The Morgan fingerprint density at radius 2 is 1.81 bits per heavy atom. The van der Waals surface area contributed by atoms with Gasteiger partial charge in [-0.05, 0) is 55.0 Å². The van der Waals surface area contributed by atoms with Crippen LogP contribution in [0.15, 0.2) is 53.7 Å². The van der Waals surface area contributed by atoms with Gasteiger partial charge in [-0.1, -0.05) is 17.8 Å². The first-order valence-corrected chi connectivity index (χ1v) is 12.1. The van der Waals surface area contributed by atoms with Crippen LogP contribution < -0.4 is 24.8 Å². The summed E-state index contributed by atoms with van der Waals surface area (Å²) in [6, 6.07) is 12.6. The lowest BCUT2D eigenvalue weighted by atomic mass is 10.2. The van der Waals surface area contributed by atoms with E-state index in [4.69, 9.17) is 14.2 Å². The minimum absolute atomic E-state index is 0.165. The Bertz CT molecular complexity index is 1210. The van der Waals surface area contributed by atoms with E-state index in [1.165, 1.54) is 17.8 Å². The predicted molar refractivity (Wildman–Crippen MR) is 138 cm³/mol. The van der Waals surface area contributed by atoms with Crippen LogP contribution in [0, 0.1) is 0 Å². The van der Waals surface area contributed by atoms with Crippen LogP contribution in [-0.2, 0) is 23.2 Å². The molecular weight excluding hydrogens is 482 g/mol. The first-order chi connectivity index (χ1) is 17.4. The van der Waals surface area contributed by atoms with E-state index >= 15 is 0 Å². The number of carbonyl (C=O) groups excluding carboxylic acids is 2. The van der Waals surface area contributed by atoms with Gasteiger partial charge in [0.25, 0.3) is 0 Å². The van der Waals surface area contributed by atoms with Crippen molar-refractivity contribution >= 4 is 35.3 Å². The smallest absolute Gasteiger partial charge is 0.244 e. The van der Waals surface area contributed by atoms with Gasteiger partial charge in [-0.25, -0.2) is 0 Å². The third-order valence-electron chi connectivity index (χ3n) is 4.96. The first kappa shape index (κ1) is 26.6. The number of anilines is 1. The summed E-state index contributed by atoms with van der Waals surface area (Å²) in [6.45, 7) is 2.69. The van der Waals surface area contributed by atoms with Crippen LogP contribution in [0.3, 0.4) is 0 Å². The summed E-state index contributed by atoms with van der Waals surface area (Å²) in [5.74, 6) is 2.23. The number of hydrogen-bond acceptors (Lipinski definition) is 8. The Labute approximate surface area is 214 Å². The fourth-order valence-electron chi connectivity index (χ4n) is 3.11. The molecule has 2 aromatic carbocycles. The summed E-state index contributed by atoms with van der Waals surface area (Å²) < 4.78 is 17.6. The van der Waals surface area contributed by atoms with Crippen LogP contribution in [0.25, 0.3) is 6.08 Å². The van der Waals surface area contributed by atoms with Crippen molar-refractivity contribution in [3.05, 3.63) is 59.9 Å². The zero-order valence-corrected chi connectivity index (χ0v) is 21.4. The second-order valence-corrected chi connectivity index (χ2v) is 8.36. The molecule has 1 heterocycles. The summed E-state index contributed by atoms with van der Waals surface area (Å²) in [4.78, 5) is 24.5. The fourth-order valence-corrected chi connectivity index (χ4v) is 3.84. The molecule has 0 atom stereocenters. The van der Waals surface area contributed by atoms with Crippen molar-refractivity contribution in [1.82, 2.24) is 20.1 Å². The molecule has 190 valence electrons. The zero-order chi connectivity index (χ0) is 25.9. The number of amides is 2. The van der Waals surface area contributed by atoms with Gasteiger partial charge in [-0.2, -0.15) is 0 Å². The van der Waals surface area contributed by atoms with Gasteiger partial charge >= 0.3 is 0 Å². The van der Waals surface area contributed by atoms with Crippen molar-refractivity contribution in [3.8, 4) is 17.2 Å². The van der Waals surface area contributed by atoms with E-state index in [0.717, 1.165) is 11.3 Å². The van der Waals surface area contributed by atoms with Crippen molar-refractivity contribution in [2.75, 3.05) is 31.9 Å². The van der Waals surface area contributed by atoms with Gasteiger partial charge in [0.1, 0.15) is 5.75 Å². The van der Waals surface area contributed by atoms with Crippen LogP contribution in [0.5, 0.6) is 17.2 Å². The van der Waals surface area contributed by atoms with Gasteiger partial charge in [0, 0.05) is 18.8 Å². The molecule has 3 rings (SSSR count). The molecule has 1 aromatic heterocycles. The number of thioether (sulfide) groups is 1. The van der Waals surface area contributed by atoms with Crippen LogP contribution in [-0.4, -0.2) is 53.2 Å². The molecule has 0 aliphatic carbocycles. The highest BCUT2D eigenvalue weighted by Gasteiger charge is 2.12. The van der Waals surface area contributed by atoms with Crippen molar-refractivity contribution < 1.29 is 23.8 Å². The van der Waals surface area contributed by atoms with E-state index in [1.54, 1.807) is 68.3 Å². The van der Waals surface area contributed by atoms with E-state index in [0.29, 0.717) is 34.8 Å². The fraction of sp³-hybridized carbons (Fsp3) is 0.280.